The lowest BCUT2D eigenvalue weighted by Gasteiger charge is -2.03. The molecule has 0 atom stereocenters. The highest BCUT2D eigenvalue weighted by atomic mass is 35.5. The summed E-state index contributed by atoms with van der Waals surface area (Å²) in [5, 5.41) is 0.594. The van der Waals surface area contributed by atoms with Gasteiger partial charge in [0, 0.05) is 12.6 Å². The fourth-order valence-corrected chi connectivity index (χ4v) is 2.65. The van der Waals surface area contributed by atoms with Gasteiger partial charge in [-0.1, -0.05) is 41.9 Å². The van der Waals surface area contributed by atoms with Crippen LogP contribution in [-0.4, -0.2) is 15.2 Å². The Labute approximate surface area is 128 Å². The third-order valence-corrected chi connectivity index (χ3v) is 3.73. The maximum absolute atomic E-state index is 12.5. The van der Waals surface area contributed by atoms with Crippen molar-refractivity contribution >= 4 is 23.0 Å². The molecule has 0 N–H and O–H groups in total. The number of fused-ring (bicyclic) bond motifs is 1. The molecule has 2 heterocycles. The van der Waals surface area contributed by atoms with E-state index in [0.29, 0.717) is 17.1 Å². The lowest BCUT2D eigenvalue weighted by molar-refractivity contribution is 0.0976. The molecule has 1 aromatic carbocycles. The van der Waals surface area contributed by atoms with Crippen molar-refractivity contribution in [1.29, 1.82) is 0 Å². The number of hydrogen-bond donors (Lipinski definition) is 0. The predicted molar refractivity (Wildman–Crippen MR) is 84.0 cm³/mol. The largest absolute Gasteiger partial charge is 0.295 e. The molecule has 4 heteroatoms. The molecule has 0 unspecified atom stereocenters. The molecule has 0 bridgehead atoms. The summed E-state index contributed by atoms with van der Waals surface area (Å²) in [5.41, 5.74) is 3.29. The Morgan fingerprint density at radius 1 is 1.19 bits per heavy atom. The van der Waals surface area contributed by atoms with Crippen LogP contribution in [0.2, 0.25) is 5.02 Å². The van der Waals surface area contributed by atoms with Gasteiger partial charge in [0.2, 0.25) is 0 Å². The van der Waals surface area contributed by atoms with E-state index in [1.54, 1.807) is 16.7 Å². The van der Waals surface area contributed by atoms with Crippen LogP contribution in [0.15, 0.2) is 48.7 Å². The molecule has 0 saturated carbocycles. The number of aryl methyl sites for hydroxylation is 2. The van der Waals surface area contributed by atoms with Crippen molar-refractivity contribution in [3.63, 3.8) is 0 Å². The number of hydrogen-bond acceptors (Lipinski definition) is 2. The molecular formula is C17H15ClN2O. The monoisotopic (exact) mass is 298 g/mol. The zero-order chi connectivity index (χ0) is 14.8. The topological polar surface area (TPSA) is 34.4 Å². The summed E-state index contributed by atoms with van der Waals surface area (Å²) in [4.78, 5) is 16.9. The number of Topliss-reactive ketones (excluding diaryl/α,β-unsaturated/α-hetero) is 1. The Morgan fingerprint density at radius 3 is 2.71 bits per heavy atom. The highest BCUT2D eigenvalue weighted by Gasteiger charge is 2.16. The lowest BCUT2D eigenvalue weighted by Crippen LogP contribution is -2.06. The minimum atomic E-state index is 0.0890. The van der Waals surface area contributed by atoms with E-state index in [-0.39, 0.29) is 5.78 Å². The van der Waals surface area contributed by atoms with E-state index < -0.39 is 0 Å². The van der Waals surface area contributed by atoms with E-state index in [1.165, 1.54) is 0 Å². The molecule has 3 nitrogen and oxygen atoms in total. The van der Waals surface area contributed by atoms with Gasteiger partial charge in [0.15, 0.2) is 5.78 Å². The number of nitrogens with zero attached hydrogens (tertiary/aromatic N) is 2. The summed E-state index contributed by atoms with van der Waals surface area (Å²) in [5.74, 6) is 0.0890. The number of rotatable bonds is 4. The molecule has 0 spiro atoms. The normalized spacial score (nSPS) is 11.0. The van der Waals surface area contributed by atoms with Gasteiger partial charge in [0.05, 0.1) is 10.7 Å². The first-order valence-corrected chi connectivity index (χ1v) is 7.24. The molecule has 2 aromatic heterocycles. The van der Waals surface area contributed by atoms with E-state index in [0.717, 1.165) is 23.3 Å². The Morgan fingerprint density at radius 2 is 1.95 bits per heavy atom. The first kappa shape index (κ1) is 13.8. The Balaban J connectivity index is 1.87. The van der Waals surface area contributed by atoms with Crippen molar-refractivity contribution in [2.24, 2.45) is 0 Å². The van der Waals surface area contributed by atoms with Crippen molar-refractivity contribution in [1.82, 2.24) is 9.38 Å². The van der Waals surface area contributed by atoms with E-state index in [1.807, 2.05) is 43.3 Å². The van der Waals surface area contributed by atoms with Crippen molar-refractivity contribution in [2.75, 3.05) is 0 Å². The molecule has 3 aromatic rings. The molecule has 0 radical (unpaired) electrons. The first-order chi connectivity index (χ1) is 10.1. The second-order valence-electron chi connectivity index (χ2n) is 5.03. The number of carbonyl (C=O) groups excluding carboxylic acids is 1. The van der Waals surface area contributed by atoms with Crippen molar-refractivity contribution in [3.05, 3.63) is 70.6 Å². The van der Waals surface area contributed by atoms with Crippen molar-refractivity contribution in [3.8, 4) is 0 Å². The number of carbonyl (C=O) groups is 1. The fourth-order valence-electron chi connectivity index (χ4n) is 2.49. The predicted octanol–water partition coefficient (Wildman–Crippen LogP) is 4.11. The van der Waals surface area contributed by atoms with Gasteiger partial charge in [-0.2, -0.15) is 0 Å². The summed E-state index contributed by atoms with van der Waals surface area (Å²) in [6.07, 6.45) is 2.94. The minimum Gasteiger partial charge on any atom is -0.295 e. The lowest BCUT2D eigenvalue weighted by atomic mass is 10.1. The number of benzene rings is 1. The van der Waals surface area contributed by atoms with Gasteiger partial charge in [0.1, 0.15) is 11.3 Å². The van der Waals surface area contributed by atoms with Gasteiger partial charge in [-0.05, 0) is 31.0 Å². The Hall–Kier alpha value is -2.13. The van der Waals surface area contributed by atoms with E-state index in [2.05, 4.69) is 4.98 Å². The second kappa shape index (κ2) is 5.70. The summed E-state index contributed by atoms with van der Waals surface area (Å²) < 4.78 is 1.78. The van der Waals surface area contributed by atoms with Crippen molar-refractivity contribution < 1.29 is 4.79 Å². The molecule has 0 saturated heterocycles. The zero-order valence-electron chi connectivity index (χ0n) is 11.7. The highest BCUT2D eigenvalue weighted by Crippen LogP contribution is 2.18. The first-order valence-electron chi connectivity index (χ1n) is 6.86. The van der Waals surface area contributed by atoms with Crippen molar-refractivity contribution in [2.45, 2.75) is 19.8 Å². The number of aromatic nitrogens is 2. The van der Waals surface area contributed by atoms with Gasteiger partial charge in [-0.25, -0.2) is 4.98 Å². The van der Waals surface area contributed by atoms with Crippen LogP contribution < -0.4 is 0 Å². The molecule has 3 rings (SSSR count). The maximum Gasteiger partial charge on any atom is 0.181 e. The van der Waals surface area contributed by atoms with Crippen LogP contribution >= 0.6 is 11.6 Å². The third kappa shape index (κ3) is 2.83. The van der Waals surface area contributed by atoms with Gasteiger partial charge in [-0.3, -0.25) is 9.20 Å². The third-order valence-electron chi connectivity index (χ3n) is 3.50. The van der Waals surface area contributed by atoms with E-state index >= 15 is 0 Å². The number of pyridine rings is 1. The van der Waals surface area contributed by atoms with Crippen LogP contribution in [0, 0.1) is 6.92 Å². The zero-order valence-corrected chi connectivity index (χ0v) is 12.5. The van der Waals surface area contributed by atoms with Gasteiger partial charge >= 0.3 is 0 Å². The Bertz CT molecular complexity index is 793. The molecular weight excluding hydrogens is 284 g/mol. The smallest absolute Gasteiger partial charge is 0.181 e. The summed E-state index contributed by atoms with van der Waals surface area (Å²) in [6.45, 7) is 1.86. The molecule has 0 aliphatic carbocycles. The average molecular weight is 299 g/mol. The standard InChI is InChI=1S/C17H15ClN2O/c1-12-17(20-11-14(18)8-10-16(20)19-12)15(21)9-7-13-5-3-2-4-6-13/h2-6,8,10-11H,7,9H2,1H3. The SMILES string of the molecule is Cc1nc2ccc(Cl)cn2c1C(=O)CCc1ccccc1. The van der Waals surface area contributed by atoms with Crippen LogP contribution in [0.4, 0.5) is 0 Å². The van der Waals surface area contributed by atoms with Crippen LogP contribution in [0.25, 0.3) is 5.65 Å². The Kier molecular flexibility index (Phi) is 3.76. The average Bonchev–Trinajstić information content (AvgIpc) is 2.81. The number of imidazole rings is 1. The summed E-state index contributed by atoms with van der Waals surface area (Å²) >= 11 is 6.02. The maximum atomic E-state index is 12.5. The number of ketones is 1. The highest BCUT2D eigenvalue weighted by molar-refractivity contribution is 6.30. The van der Waals surface area contributed by atoms with Crippen LogP contribution in [-0.2, 0) is 6.42 Å². The molecule has 0 amide bonds. The molecule has 0 aliphatic rings. The fraction of sp³-hybridized carbons (Fsp3) is 0.176. The van der Waals surface area contributed by atoms with Gasteiger partial charge in [-0.15, -0.1) is 0 Å². The van der Waals surface area contributed by atoms with Gasteiger partial charge < -0.3 is 0 Å². The van der Waals surface area contributed by atoms with Gasteiger partial charge in [0.25, 0.3) is 0 Å². The van der Waals surface area contributed by atoms with Crippen LogP contribution in [0.3, 0.4) is 0 Å². The quantitative estimate of drug-likeness (QED) is 0.679. The van der Waals surface area contributed by atoms with E-state index in [4.69, 9.17) is 11.6 Å². The van der Waals surface area contributed by atoms with E-state index in [9.17, 15) is 4.79 Å². The second-order valence-corrected chi connectivity index (χ2v) is 5.47. The molecule has 0 fully saturated rings. The summed E-state index contributed by atoms with van der Waals surface area (Å²) in [7, 11) is 0. The summed E-state index contributed by atoms with van der Waals surface area (Å²) in [6, 6.07) is 13.6. The van der Waals surface area contributed by atoms with Crippen LogP contribution in [0.1, 0.15) is 28.2 Å². The molecule has 21 heavy (non-hydrogen) atoms. The van der Waals surface area contributed by atoms with Crippen LogP contribution in [0.5, 0.6) is 0 Å². The minimum absolute atomic E-state index is 0.0890. The number of halogens is 1. The molecule has 0 aliphatic heterocycles. The molecule has 106 valence electrons.